The minimum Gasteiger partial charge on any atom is -0.467 e. The number of nitrogens with one attached hydrogen (secondary N) is 1. The van der Waals surface area contributed by atoms with Gasteiger partial charge in [0.15, 0.2) is 0 Å². The van der Waals surface area contributed by atoms with Gasteiger partial charge in [0.05, 0.1) is 12.8 Å². The van der Waals surface area contributed by atoms with Crippen LogP contribution in [0.1, 0.15) is 36.3 Å². The molecule has 20 heavy (non-hydrogen) atoms. The Kier molecular flexibility index (Phi) is 6.11. The van der Waals surface area contributed by atoms with Crippen LogP contribution < -0.4 is 11.1 Å². The standard InChI is InChI=1S/C14H21N3O3/c1-9(2)6-12(14(19)20-3)17-13(18)10-4-5-16-11(7-10)8-15/h4-5,7,9,12H,6,8,15H2,1-3H3,(H,17,18). The van der Waals surface area contributed by atoms with Crippen molar-refractivity contribution < 1.29 is 14.3 Å². The largest absolute Gasteiger partial charge is 0.467 e. The summed E-state index contributed by atoms with van der Waals surface area (Å²) in [6, 6.07) is 2.54. The molecule has 0 spiro atoms. The fraction of sp³-hybridized carbons (Fsp3) is 0.500. The van der Waals surface area contributed by atoms with Crippen LogP contribution >= 0.6 is 0 Å². The van der Waals surface area contributed by atoms with Crippen molar-refractivity contribution in [2.45, 2.75) is 32.9 Å². The quantitative estimate of drug-likeness (QED) is 0.753. The summed E-state index contributed by atoms with van der Waals surface area (Å²) in [6.45, 7) is 4.20. The second-order valence-corrected chi connectivity index (χ2v) is 4.92. The van der Waals surface area contributed by atoms with E-state index in [0.29, 0.717) is 17.7 Å². The first-order chi connectivity index (χ1) is 9.47. The molecule has 1 aromatic rings. The van der Waals surface area contributed by atoms with E-state index in [2.05, 4.69) is 10.3 Å². The SMILES string of the molecule is COC(=O)C(CC(C)C)NC(=O)c1ccnc(CN)c1. The van der Waals surface area contributed by atoms with Crippen LogP contribution in [0.5, 0.6) is 0 Å². The van der Waals surface area contributed by atoms with E-state index in [1.165, 1.54) is 13.3 Å². The molecular weight excluding hydrogens is 258 g/mol. The van der Waals surface area contributed by atoms with Gasteiger partial charge in [-0.3, -0.25) is 9.78 Å². The summed E-state index contributed by atoms with van der Waals surface area (Å²) in [7, 11) is 1.31. The van der Waals surface area contributed by atoms with Crippen LogP contribution in [0.2, 0.25) is 0 Å². The minimum absolute atomic E-state index is 0.257. The van der Waals surface area contributed by atoms with E-state index in [4.69, 9.17) is 10.5 Å². The highest BCUT2D eigenvalue weighted by Gasteiger charge is 2.23. The number of nitrogens with two attached hydrogens (primary N) is 1. The van der Waals surface area contributed by atoms with Crippen LogP contribution in [0.4, 0.5) is 0 Å². The zero-order valence-corrected chi connectivity index (χ0v) is 12.1. The number of methoxy groups -OCH3 is 1. The monoisotopic (exact) mass is 279 g/mol. The highest BCUT2D eigenvalue weighted by atomic mass is 16.5. The molecule has 1 heterocycles. The molecule has 3 N–H and O–H groups in total. The summed E-state index contributed by atoms with van der Waals surface area (Å²) in [5.74, 6) is -0.519. The number of rotatable bonds is 6. The van der Waals surface area contributed by atoms with Crippen molar-refractivity contribution in [1.29, 1.82) is 0 Å². The van der Waals surface area contributed by atoms with Gasteiger partial charge >= 0.3 is 5.97 Å². The Morgan fingerprint density at radius 1 is 1.45 bits per heavy atom. The Balaban J connectivity index is 2.81. The predicted octanol–water partition coefficient (Wildman–Crippen LogP) is 0.858. The van der Waals surface area contributed by atoms with E-state index in [0.717, 1.165) is 0 Å². The van der Waals surface area contributed by atoms with Gasteiger partial charge in [0.2, 0.25) is 0 Å². The van der Waals surface area contributed by atoms with E-state index in [1.807, 2.05) is 13.8 Å². The zero-order valence-electron chi connectivity index (χ0n) is 12.1. The van der Waals surface area contributed by atoms with Gasteiger partial charge in [0, 0.05) is 18.3 Å². The lowest BCUT2D eigenvalue weighted by Gasteiger charge is -2.18. The first kappa shape index (κ1) is 16.1. The van der Waals surface area contributed by atoms with Gasteiger partial charge in [-0.15, -0.1) is 0 Å². The maximum atomic E-state index is 12.1. The Bertz CT molecular complexity index is 474. The average molecular weight is 279 g/mol. The van der Waals surface area contributed by atoms with Crippen molar-refractivity contribution in [3.63, 3.8) is 0 Å². The molecule has 1 rings (SSSR count). The van der Waals surface area contributed by atoms with Gasteiger partial charge in [-0.25, -0.2) is 4.79 Å². The number of esters is 1. The topological polar surface area (TPSA) is 94.3 Å². The molecular formula is C14H21N3O3. The summed E-state index contributed by atoms with van der Waals surface area (Å²) in [4.78, 5) is 27.8. The zero-order chi connectivity index (χ0) is 15.1. The minimum atomic E-state index is -0.651. The number of carbonyl (C=O) groups is 2. The van der Waals surface area contributed by atoms with E-state index >= 15 is 0 Å². The normalized spacial score (nSPS) is 12.1. The third kappa shape index (κ3) is 4.62. The van der Waals surface area contributed by atoms with Crippen molar-refractivity contribution >= 4 is 11.9 Å². The van der Waals surface area contributed by atoms with Crippen molar-refractivity contribution in [3.05, 3.63) is 29.6 Å². The van der Waals surface area contributed by atoms with Crippen molar-refractivity contribution in [2.24, 2.45) is 11.7 Å². The summed E-state index contributed by atoms with van der Waals surface area (Å²) < 4.78 is 4.71. The van der Waals surface area contributed by atoms with Crippen LogP contribution in [0.15, 0.2) is 18.3 Å². The maximum absolute atomic E-state index is 12.1. The number of amides is 1. The van der Waals surface area contributed by atoms with Gasteiger partial charge < -0.3 is 15.8 Å². The first-order valence-electron chi connectivity index (χ1n) is 6.51. The van der Waals surface area contributed by atoms with Crippen LogP contribution in [-0.4, -0.2) is 30.0 Å². The van der Waals surface area contributed by atoms with Crippen LogP contribution in [0.25, 0.3) is 0 Å². The predicted molar refractivity (Wildman–Crippen MR) is 74.9 cm³/mol. The summed E-state index contributed by atoms with van der Waals surface area (Å²) in [5, 5.41) is 2.68. The fourth-order valence-electron chi connectivity index (χ4n) is 1.80. The lowest BCUT2D eigenvalue weighted by atomic mass is 10.0. The molecule has 0 bridgehead atoms. The van der Waals surface area contributed by atoms with E-state index in [9.17, 15) is 9.59 Å². The van der Waals surface area contributed by atoms with Crippen LogP contribution in [-0.2, 0) is 16.1 Å². The molecule has 0 saturated heterocycles. The van der Waals surface area contributed by atoms with E-state index < -0.39 is 12.0 Å². The number of pyridine rings is 1. The number of hydrogen-bond donors (Lipinski definition) is 2. The van der Waals surface area contributed by atoms with Crippen LogP contribution in [0, 0.1) is 5.92 Å². The third-order valence-corrected chi connectivity index (χ3v) is 2.79. The Morgan fingerprint density at radius 2 is 2.15 bits per heavy atom. The van der Waals surface area contributed by atoms with Crippen molar-refractivity contribution in [2.75, 3.05) is 7.11 Å². The number of nitrogens with zero attached hydrogens (tertiary/aromatic N) is 1. The molecule has 0 aliphatic carbocycles. The first-order valence-corrected chi connectivity index (χ1v) is 6.51. The van der Waals surface area contributed by atoms with Crippen molar-refractivity contribution in [3.8, 4) is 0 Å². The summed E-state index contributed by atoms with van der Waals surface area (Å²) in [5.41, 5.74) is 6.54. The molecule has 6 heteroatoms. The third-order valence-electron chi connectivity index (χ3n) is 2.79. The fourth-order valence-corrected chi connectivity index (χ4v) is 1.80. The smallest absolute Gasteiger partial charge is 0.328 e. The summed E-state index contributed by atoms with van der Waals surface area (Å²) in [6.07, 6.45) is 2.04. The second kappa shape index (κ2) is 7.59. The number of hydrogen-bond acceptors (Lipinski definition) is 5. The lowest BCUT2D eigenvalue weighted by Crippen LogP contribution is -2.42. The van der Waals surface area contributed by atoms with Gasteiger partial charge in [-0.05, 0) is 24.5 Å². The molecule has 6 nitrogen and oxygen atoms in total. The molecule has 0 aromatic carbocycles. The molecule has 0 radical (unpaired) electrons. The Labute approximate surface area is 118 Å². The summed E-state index contributed by atoms with van der Waals surface area (Å²) >= 11 is 0. The highest BCUT2D eigenvalue weighted by Crippen LogP contribution is 2.08. The van der Waals surface area contributed by atoms with Crippen molar-refractivity contribution in [1.82, 2.24) is 10.3 Å². The molecule has 0 aliphatic heterocycles. The number of carbonyl (C=O) groups excluding carboxylic acids is 2. The molecule has 1 unspecified atom stereocenters. The molecule has 0 saturated carbocycles. The van der Waals surface area contributed by atoms with E-state index in [-0.39, 0.29) is 18.4 Å². The average Bonchev–Trinajstić information content (AvgIpc) is 2.45. The molecule has 0 aliphatic rings. The molecule has 1 atom stereocenters. The Hall–Kier alpha value is -1.95. The van der Waals surface area contributed by atoms with E-state index in [1.54, 1.807) is 12.1 Å². The van der Waals surface area contributed by atoms with Gasteiger partial charge in [-0.1, -0.05) is 13.8 Å². The number of aromatic nitrogens is 1. The van der Waals surface area contributed by atoms with Gasteiger partial charge in [0.1, 0.15) is 6.04 Å². The van der Waals surface area contributed by atoms with Gasteiger partial charge in [-0.2, -0.15) is 0 Å². The Morgan fingerprint density at radius 3 is 2.70 bits per heavy atom. The molecule has 110 valence electrons. The second-order valence-electron chi connectivity index (χ2n) is 4.92. The van der Waals surface area contributed by atoms with Crippen LogP contribution in [0.3, 0.4) is 0 Å². The maximum Gasteiger partial charge on any atom is 0.328 e. The molecule has 0 fully saturated rings. The van der Waals surface area contributed by atoms with Gasteiger partial charge in [0.25, 0.3) is 5.91 Å². The highest BCUT2D eigenvalue weighted by molar-refractivity contribution is 5.96. The molecule has 1 amide bonds. The number of ether oxygens (including phenoxy) is 1. The molecule has 1 aromatic heterocycles. The lowest BCUT2D eigenvalue weighted by molar-refractivity contribution is -0.143.